The molecule has 0 amide bonds. The molecule has 0 rings (SSSR count). The maximum absolute atomic E-state index is 8.30. The quantitative estimate of drug-likeness (QED) is 0.387. The molecule has 0 fully saturated rings. The van der Waals surface area contributed by atoms with Crippen molar-refractivity contribution >= 4 is 0 Å². The average molecular weight is 118 g/mol. The van der Waals surface area contributed by atoms with E-state index in [2.05, 4.69) is 6.58 Å². The molecule has 0 N–H and O–H groups in total. The lowest BCUT2D eigenvalue weighted by atomic mass is 10.1. The highest BCUT2D eigenvalue weighted by atomic mass is 14.3. The number of hydrogen-bond acceptors (Lipinski definition) is 2. The molecule has 0 unspecified atom stereocenters. The Hall–Kier alpha value is -1.54. The maximum atomic E-state index is 8.30. The van der Waals surface area contributed by atoms with Crippen molar-refractivity contribution < 1.29 is 0 Å². The Morgan fingerprint density at radius 3 is 2.11 bits per heavy atom. The van der Waals surface area contributed by atoms with Gasteiger partial charge in [0.2, 0.25) is 0 Å². The van der Waals surface area contributed by atoms with Crippen LogP contribution in [0.2, 0.25) is 0 Å². The molecular formula is C7H6N2. The van der Waals surface area contributed by atoms with Crippen molar-refractivity contribution in [2.45, 2.75) is 6.92 Å². The highest BCUT2D eigenvalue weighted by Gasteiger charge is 1.95. The van der Waals surface area contributed by atoms with Crippen LogP contribution in [-0.4, -0.2) is 0 Å². The summed E-state index contributed by atoms with van der Waals surface area (Å²) in [4.78, 5) is 0. The van der Waals surface area contributed by atoms with Crippen molar-refractivity contribution in [1.82, 2.24) is 0 Å². The fourth-order valence-electron chi connectivity index (χ4n) is 0.366. The van der Waals surface area contributed by atoms with Gasteiger partial charge in [0.25, 0.3) is 0 Å². The molecule has 0 aliphatic heterocycles. The summed E-state index contributed by atoms with van der Waals surface area (Å²) in [6.07, 6.45) is 1.56. The third-order valence-electron chi connectivity index (χ3n) is 0.869. The smallest absolute Gasteiger partial charge is 0.100 e. The Kier molecular flexibility index (Phi) is 2.87. The fraction of sp³-hybridized carbons (Fsp3) is 0.143. The van der Waals surface area contributed by atoms with Gasteiger partial charge in [0.05, 0.1) is 17.2 Å². The second-order valence-corrected chi connectivity index (χ2v) is 1.40. The fourth-order valence-corrected chi connectivity index (χ4v) is 0.366. The molecule has 0 heterocycles. The first kappa shape index (κ1) is 7.46. The van der Waals surface area contributed by atoms with Gasteiger partial charge in [-0.2, -0.15) is 10.5 Å². The molecule has 0 aromatic heterocycles. The number of nitriles is 2. The van der Waals surface area contributed by atoms with E-state index in [0.717, 1.165) is 0 Å². The summed E-state index contributed by atoms with van der Waals surface area (Å²) in [5.74, 6) is 0. The minimum Gasteiger partial charge on any atom is -0.192 e. The van der Waals surface area contributed by atoms with Gasteiger partial charge < -0.3 is 0 Å². The molecule has 2 nitrogen and oxygen atoms in total. The molecule has 0 saturated carbocycles. The third-order valence-corrected chi connectivity index (χ3v) is 0.869. The van der Waals surface area contributed by atoms with Gasteiger partial charge in [-0.15, -0.1) is 0 Å². The number of rotatable bonds is 1. The molecule has 44 valence electrons. The van der Waals surface area contributed by atoms with E-state index < -0.39 is 0 Å². The van der Waals surface area contributed by atoms with Gasteiger partial charge >= 0.3 is 0 Å². The normalized spacial score (nSPS) is 9.44. The molecule has 0 radical (unpaired) electrons. The molecule has 0 aromatic carbocycles. The van der Waals surface area contributed by atoms with E-state index in [1.807, 2.05) is 6.07 Å². The zero-order valence-corrected chi connectivity index (χ0v) is 5.18. The summed E-state index contributed by atoms with van der Waals surface area (Å²) in [5, 5.41) is 16.5. The number of allylic oxidation sites excluding steroid dienone is 3. The van der Waals surface area contributed by atoms with E-state index >= 15 is 0 Å². The van der Waals surface area contributed by atoms with Crippen molar-refractivity contribution in [3.63, 3.8) is 0 Å². The maximum Gasteiger partial charge on any atom is 0.100 e. The van der Waals surface area contributed by atoms with E-state index in [1.165, 1.54) is 0 Å². The highest BCUT2D eigenvalue weighted by Crippen LogP contribution is 2.02. The predicted octanol–water partition coefficient (Wildman–Crippen LogP) is 1.54. The topological polar surface area (TPSA) is 47.6 Å². The number of hydrogen-bond donors (Lipinski definition) is 0. The molecule has 0 aromatic rings. The van der Waals surface area contributed by atoms with E-state index in [0.29, 0.717) is 5.57 Å². The summed E-state index contributed by atoms with van der Waals surface area (Å²) in [5.41, 5.74) is 0.567. The summed E-state index contributed by atoms with van der Waals surface area (Å²) >= 11 is 0. The minimum atomic E-state index is 0.222. The van der Waals surface area contributed by atoms with Gasteiger partial charge in [0.1, 0.15) is 6.07 Å². The molecule has 0 saturated heterocycles. The summed E-state index contributed by atoms with van der Waals surface area (Å²) in [6.45, 7) is 5.06. The van der Waals surface area contributed by atoms with Crippen LogP contribution in [0.3, 0.4) is 0 Å². The van der Waals surface area contributed by atoms with Crippen LogP contribution in [0.15, 0.2) is 23.8 Å². The SMILES string of the molecule is C=C(C#N)C(C#N)=CC. The Morgan fingerprint density at radius 2 is 2.00 bits per heavy atom. The molecule has 0 aliphatic carbocycles. The van der Waals surface area contributed by atoms with Crippen molar-refractivity contribution in [3.05, 3.63) is 23.8 Å². The summed E-state index contributed by atoms with van der Waals surface area (Å²) in [6, 6.07) is 3.62. The monoisotopic (exact) mass is 118 g/mol. The van der Waals surface area contributed by atoms with E-state index in [-0.39, 0.29) is 5.57 Å². The Morgan fingerprint density at radius 1 is 1.44 bits per heavy atom. The molecule has 0 bridgehead atoms. The second-order valence-electron chi connectivity index (χ2n) is 1.40. The van der Waals surface area contributed by atoms with Gasteiger partial charge in [-0.25, -0.2) is 0 Å². The Bertz CT molecular complexity index is 222. The van der Waals surface area contributed by atoms with Gasteiger partial charge in [-0.05, 0) is 6.92 Å². The Balaban J connectivity index is 4.44. The van der Waals surface area contributed by atoms with Crippen molar-refractivity contribution in [1.29, 1.82) is 10.5 Å². The molecule has 0 atom stereocenters. The molecule has 0 aliphatic rings. The first-order valence-corrected chi connectivity index (χ1v) is 2.42. The van der Waals surface area contributed by atoms with E-state index in [9.17, 15) is 0 Å². The first-order chi connectivity index (χ1) is 4.26. The van der Waals surface area contributed by atoms with Crippen LogP contribution in [0, 0.1) is 22.7 Å². The summed E-state index contributed by atoms with van der Waals surface area (Å²) in [7, 11) is 0. The second kappa shape index (κ2) is 3.46. The van der Waals surface area contributed by atoms with E-state index in [4.69, 9.17) is 10.5 Å². The lowest BCUT2D eigenvalue weighted by Crippen LogP contribution is -1.78. The molecule has 0 spiro atoms. The van der Waals surface area contributed by atoms with Crippen LogP contribution in [0.5, 0.6) is 0 Å². The van der Waals surface area contributed by atoms with Crippen LogP contribution >= 0.6 is 0 Å². The largest absolute Gasteiger partial charge is 0.192 e. The predicted molar refractivity (Wildman–Crippen MR) is 34.1 cm³/mol. The van der Waals surface area contributed by atoms with Crippen LogP contribution < -0.4 is 0 Å². The van der Waals surface area contributed by atoms with Crippen molar-refractivity contribution in [3.8, 4) is 12.1 Å². The van der Waals surface area contributed by atoms with Crippen molar-refractivity contribution in [2.75, 3.05) is 0 Å². The summed E-state index contributed by atoms with van der Waals surface area (Å²) < 4.78 is 0. The van der Waals surface area contributed by atoms with Gasteiger partial charge in [-0.3, -0.25) is 0 Å². The van der Waals surface area contributed by atoms with Gasteiger partial charge in [0, 0.05) is 0 Å². The first-order valence-electron chi connectivity index (χ1n) is 2.42. The zero-order valence-electron chi connectivity index (χ0n) is 5.18. The average Bonchev–Trinajstić information content (AvgIpc) is 1.90. The molecular weight excluding hydrogens is 112 g/mol. The molecule has 2 heteroatoms. The van der Waals surface area contributed by atoms with Crippen molar-refractivity contribution in [2.24, 2.45) is 0 Å². The third kappa shape index (κ3) is 1.80. The molecule has 9 heavy (non-hydrogen) atoms. The van der Waals surface area contributed by atoms with Crippen LogP contribution in [0.1, 0.15) is 6.92 Å². The van der Waals surface area contributed by atoms with Crippen LogP contribution in [0.25, 0.3) is 0 Å². The minimum absolute atomic E-state index is 0.222. The lowest BCUT2D eigenvalue weighted by molar-refractivity contribution is 1.43. The zero-order chi connectivity index (χ0) is 7.28. The van der Waals surface area contributed by atoms with Crippen LogP contribution in [0.4, 0.5) is 0 Å². The van der Waals surface area contributed by atoms with Gasteiger partial charge in [0.15, 0.2) is 0 Å². The van der Waals surface area contributed by atoms with E-state index in [1.54, 1.807) is 19.1 Å². The highest BCUT2D eigenvalue weighted by molar-refractivity contribution is 5.47. The van der Waals surface area contributed by atoms with Gasteiger partial charge in [-0.1, -0.05) is 12.7 Å². The Labute approximate surface area is 54.3 Å². The van der Waals surface area contributed by atoms with Crippen LogP contribution in [-0.2, 0) is 0 Å². The lowest BCUT2D eigenvalue weighted by Gasteiger charge is -1.85. The standard InChI is InChI=1S/C7H6N2/c1-3-7(5-9)6(2)4-8/h3H,2H2,1H3. The number of nitrogens with zero attached hydrogens (tertiary/aromatic N) is 2.